The Bertz CT molecular complexity index is 738. The molecule has 0 amide bonds. The molecule has 0 radical (unpaired) electrons. The van der Waals surface area contributed by atoms with E-state index >= 15 is 0 Å². The molecule has 0 spiro atoms. The van der Waals surface area contributed by atoms with Crippen molar-refractivity contribution in [2.24, 2.45) is 0 Å². The Morgan fingerprint density at radius 3 is 2.33 bits per heavy atom. The lowest BCUT2D eigenvalue weighted by molar-refractivity contribution is 0.355. The van der Waals surface area contributed by atoms with Crippen LogP contribution in [0.1, 0.15) is 0 Å². The highest BCUT2D eigenvalue weighted by atomic mass is 16.5. The van der Waals surface area contributed by atoms with Gasteiger partial charge in [-0.1, -0.05) is 30.3 Å². The second-order valence-electron chi connectivity index (χ2n) is 4.44. The van der Waals surface area contributed by atoms with E-state index in [-0.39, 0.29) is 0 Å². The van der Waals surface area contributed by atoms with Gasteiger partial charge in [-0.3, -0.25) is 5.10 Å². The molecule has 21 heavy (non-hydrogen) atoms. The molecule has 1 aromatic heterocycles. The fourth-order valence-electron chi connectivity index (χ4n) is 2.09. The summed E-state index contributed by atoms with van der Waals surface area (Å²) in [5.41, 5.74) is 1.86. The maximum atomic E-state index is 5.30. The van der Waals surface area contributed by atoms with Gasteiger partial charge in [0.05, 0.1) is 14.2 Å². The molecule has 0 aliphatic carbocycles. The molecule has 0 saturated heterocycles. The van der Waals surface area contributed by atoms with Crippen LogP contribution < -0.4 is 9.47 Å². The molecule has 1 N–H and O–H groups in total. The number of aromatic amines is 1. The van der Waals surface area contributed by atoms with E-state index in [4.69, 9.17) is 9.47 Å². The zero-order chi connectivity index (χ0) is 14.7. The van der Waals surface area contributed by atoms with Gasteiger partial charge in [0.1, 0.15) is 0 Å². The number of nitrogens with one attached hydrogen (secondary N) is 1. The van der Waals surface area contributed by atoms with Crippen molar-refractivity contribution in [3.8, 4) is 34.3 Å². The summed E-state index contributed by atoms with van der Waals surface area (Å²) in [4.78, 5) is 4.52. The second kappa shape index (κ2) is 5.66. The molecule has 3 aromatic rings. The predicted molar refractivity (Wildman–Crippen MR) is 80.4 cm³/mol. The maximum absolute atomic E-state index is 5.30. The molecule has 3 rings (SSSR count). The number of ether oxygens (including phenoxy) is 2. The van der Waals surface area contributed by atoms with E-state index in [9.17, 15) is 0 Å². The van der Waals surface area contributed by atoms with Gasteiger partial charge < -0.3 is 9.47 Å². The van der Waals surface area contributed by atoms with Crippen molar-refractivity contribution in [2.45, 2.75) is 0 Å². The summed E-state index contributed by atoms with van der Waals surface area (Å²) in [5.74, 6) is 2.70. The van der Waals surface area contributed by atoms with Crippen molar-refractivity contribution in [3.05, 3.63) is 48.5 Å². The summed E-state index contributed by atoms with van der Waals surface area (Å²) >= 11 is 0. The Hall–Kier alpha value is -2.82. The van der Waals surface area contributed by atoms with Gasteiger partial charge in [-0.15, -0.1) is 0 Å². The van der Waals surface area contributed by atoms with Gasteiger partial charge in [0, 0.05) is 11.1 Å². The number of hydrogen-bond acceptors (Lipinski definition) is 4. The molecular formula is C16H15N3O2. The maximum Gasteiger partial charge on any atom is 0.181 e. The molecule has 0 unspecified atom stereocenters. The molecule has 0 fully saturated rings. The van der Waals surface area contributed by atoms with E-state index in [2.05, 4.69) is 15.2 Å². The third kappa shape index (κ3) is 2.58. The minimum atomic E-state index is 0.660. The average molecular weight is 281 g/mol. The smallest absolute Gasteiger partial charge is 0.181 e. The number of H-pyrrole nitrogens is 1. The number of hydrogen-bond donors (Lipinski definition) is 1. The number of nitrogens with zero attached hydrogens (tertiary/aromatic N) is 2. The lowest BCUT2D eigenvalue weighted by atomic mass is 10.2. The van der Waals surface area contributed by atoms with Crippen molar-refractivity contribution in [1.29, 1.82) is 0 Å². The van der Waals surface area contributed by atoms with Gasteiger partial charge in [-0.25, -0.2) is 4.98 Å². The third-order valence-electron chi connectivity index (χ3n) is 3.17. The first-order valence-corrected chi connectivity index (χ1v) is 6.52. The van der Waals surface area contributed by atoms with Crippen LogP contribution in [0.5, 0.6) is 11.5 Å². The van der Waals surface area contributed by atoms with Crippen LogP contribution in [0.3, 0.4) is 0 Å². The third-order valence-corrected chi connectivity index (χ3v) is 3.17. The summed E-state index contributed by atoms with van der Waals surface area (Å²) in [6.45, 7) is 0. The number of aromatic nitrogens is 3. The fourth-order valence-corrected chi connectivity index (χ4v) is 2.09. The molecular weight excluding hydrogens is 266 g/mol. The van der Waals surface area contributed by atoms with Gasteiger partial charge in [0.25, 0.3) is 0 Å². The Morgan fingerprint density at radius 1 is 0.857 bits per heavy atom. The minimum Gasteiger partial charge on any atom is -0.493 e. The minimum absolute atomic E-state index is 0.660. The van der Waals surface area contributed by atoms with Crippen molar-refractivity contribution < 1.29 is 9.47 Å². The molecule has 0 aliphatic rings. The van der Waals surface area contributed by atoms with Crippen LogP contribution in [-0.2, 0) is 0 Å². The second-order valence-corrected chi connectivity index (χ2v) is 4.44. The van der Waals surface area contributed by atoms with Crippen LogP contribution in [0.2, 0.25) is 0 Å². The lowest BCUT2D eigenvalue weighted by Crippen LogP contribution is -1.91. The van der Waals surface area contributed by atoms with Crippen LogP contribution in [0.15, 0.2) is 48.5 Å². The molecule has 2 aromatic carbocycles. The van der Waals surface area contributed by atoms with E-state index in [0.717, 1.165) is 11.1 Å². The zero-order valence-electron chi connectivity index (χ0n) is 11.8. The van der Waals surface area contributed by atoms with E-state index < -0.39 is 0 Å². The molecule has 0 saturated carbocycles. The molecule has 106 valence electrons. The first kappa shape index (κ1) is 13.2. The van der Waals surface area contributed by atoms with Gasteiger partial charge in [-0.05, 0) is 18.2 Å². The van der Waals surface area contributed by atoms with Crippen LogP contribution in [0, 0.1) is 0 Å². The molecule has 0 atom stereocenters. The van der Waals surface area contributed by atoms with Crippen molar-refractivity contribution in [2.75, 3.05) is 14.2 Å². The van der Waals surface area contributed by atoms with Crippen molar-refractivity contribution in [3.63, 3.8) is 0 Å². The van der Waals surface area contributed by atoms with E-state index in [0.29, 0.717) is 23.1 Å². The Kier molecular flexibility index (Phi) is 3.55. The molecule has 5 heteroatoms. The Morgan fingerprint density at radius 2 is 1.62 bits per heavy atom. The van der Waals surface area contributed by atoms with Crippen molar-refractivity contribution in [1.82, 2.24) is 15.2 Å². The van der Waals surface area contributed by atoms with Gasteiger partial charge in [-0.2, -0.15) is 5.10 Å². The van der Waals surface area contributed by atoms with Crippen LogP contribution in [0.4, 0.5) is 0 Å². The SMILES string of the molecule is COc1ccc(-c2nc(-c3ccccc3)n[nH]2)cc1OC. The summed E-state index contributed by atoms with van der Waals surface area (Å²) in [6.07, 6.45) is 0. The Balaban J connectivity index is 1.97. The normalized spacial score (nSPS) is 10.4. The first-order valence-electron chi connectivity index (χ1n) is 6.52. The highest BCUT2D eigenvalue weighted by molar-refractivity contribution is 5.64. The largest absolute Gasteiger partial charge is 0.493 e. The van der Waals surface area contributed by atoms with Gasteiger partial charge >= 0.3 is 0 Å². The quantitative estimate of drug-likeness (QED) is 0.798. The van der Waals surface area contributed by atoms with Crippen LogP contribution in [-0.4, -0.2) is 29.4 Å². The summed E-state index contributed by atoms with van der Waals surface area (Å²) in [6, 6.07) is 15.5. The topological polar surface area (TPSA) is 60.0 Å². The predicted octanol–water partition coefficient (Wildman–Crippen LogP) is 3.16. The first-order chi connectivity index (χ1) is 10.3. The van der Waals surface area contributed by atoms with Gasteiger partial charge in [0.2, 0.25) is 0 Å². The monoisotopic (exact) mass is 281 g/mol. The molecule has 0 aliphatic heterocycles. The van der Waals surface area contributed by atoms with E-state index in [1.54, 1.807) is 14.2 Å². The average Bonchev–Trinajstić information content (AvgIpc) is 3.05. The number of benzene rings is 2. The van der Waals surface area contributed by atoms with Crippen LogP contribution >= 0.6 is 0 Å². The fraction of sp³-hybridized carbons (Fsp3) is 0.125. The van der Waals surface area contributed by atoms with E-state index in [1.807, 2.05) is 48.5 Å². The van der Waals surface area contributed by atoms with Crippen LogP contribution in [0.25, 0.3) is 22.8 Å². The Labute approximate surface area is 122 Å². The molecule has 1 heterocycles. The standard InChI is InChI=1S/C16H15N3O2/c1-20-13-9-8-12(10-14(13)21-2)16-17-15(18-19-16)11-6-4-3-5-7-11/h3-10H,1-2H3,(H,17,18,19). The van der Waals surface area contributed by atoms with Gasteiger partial charge in [0.15, 0.2) is 23.1 Å². The summed E-state index contributed by atoms with van der Waals surface area (Å²) in [7, 11) is 3.22. The number of methoxy groups -OCH3 is 2. The molecule has 5 nitrogen and oxygen atoms in total. The number of rotatable bonds is 4. The lowest BCUT2D eigenvalue weighted by Gasteiger charge is -2.07. The van der Waals surface area contributed by atoms with E-state index in [1.165, 1.54) is 0 Å². The highest BCUT2D eigenvalue weighted by Crippen LogP contribution is 2.31. The highest BCUT2D eigenvalue weighted by Gasteiger charge is 2.10. The zero-order valence-corrected chi connectivity index (χ0v) is 11.8. The summed E-state index contributed by atoms with van der Waals surface area (Å²) < 4.78 is 10.5. The molecule has 0 bridgehead atoms. The summed E-state index contributed by atoms with van der Waals surface area (Å²) in [5, 5.41) is 7.20. The van der Waals surface area contributed by atoms with Crippen molar-refractivity contribution >= 4 is 0 Å².